The van der Waals surface area contributed by atoms with E-state index in [1.54, 1.807) is 37.3 Å². The largest absolute Gasteiger partial charge is 0.354 e. The molecule has 1 N–H and O–H groups in total. The monoisotopic (exact) mass is 383 g/mol. The van der Waals surface area contributed by atoms with E-state index in [4.69, 9.17) is 0 Å². The van der Waals surface area contributed by atoms with Crippen molar-refractivity contribution < 1.29 is 9.18 Å². The van der Waals surface area contributed by atoms with Crippen molar-refractivity contribution in [2.45, 2.75) is 26.8 Å². The molecule has 28 heavy (non-hydrogen) atoms. The van der Waals surface area contributed by atoms with E-state index in [0.717, 1.165) is 4.57 Å². The molecule has 0 saturated heterocycles. The quantitative estimate of drug-likeness (QED) is 0.736. The van der Waals surface area contributed by atoms with Gasteiger partial charge in [0.1, 0.15) is 11.9 Å². The van der Waals surface area contributed by atoms with Crippen molar-refractivity contribution in [2.75, 3.05) is 6.54 Å². The van der Waals surface area contributed by atoms with Gasteiger partial charge in [-0.25, -0.2) is 13.8 Å². The molecule has 0 saturated carbocycles. The summed E-state index contributed by atoms with van der Waals surface area (Å²) in [5.74, 6) is -0.794. The van der Waals surface area contributed by atoms with E-state index in [-0.39, 0.29) is 22.9 Å². The first-order valence-electron chi connectivity index (χ1n) is 9.11. The molecular formula is C21H22FN3O3. The van der Waals surface area contributed by atoms with Crippen LogP contribution in [-0.2, 0) is 4.79 Å². The summed E-state index contributed by atoms with van der Waals surface area (Å²) in [6, 6.07) is 11.2. The summed E-state index contributed by atoms with van der Waals surface area (Å²) in [4.78, 5) is 38.8. The molecule has 2 aromatic carbocycles. The number of aromatic nitrogens is 2. The van der Waals surface area contributed by atoms with E-state index in [0.29, 0.717) is 12.1 Å². The number of amides is 1. The van der Waals surface area contributed by atoms with Crippen LogP contribution in [0.25, 0.3) is 16.6 Å². The number of nitrogens with zero attached hydrogens (tertiary/aromatic N) is 2. The summed E-state index contributed by atoms with van der Waals surface area (Å²) in [5.41, 5.74) is -1.21. The van der Waals surface area contributed by atoms with E-state index < -0.39 is 23.1 Å². The van der Waals surface area contributed by atoms with Crippen molar-refractivity contribution in [3.05, 3.63) is 75.2 Å². The smallest absolute Gasteiger partial charge is 0.336 e. The average Bonchev–Trinajstić information content (AvgIpc) is 2.67. The Bertz CT molecular complexity index is 1150. The predicted molar refractivity (Wildman–Crippen MR) is 106 cm³/mol. The molecule has 1 aromatic heterocycles. The van der Waals surface area contributed by atoms with Gasteiger partial charge in [0.05, 0.1) is 16.6 Å². The van der Waals surface area contributed by atoms with Crippen LogP contribution in [0.4, 0.5) is 4.39 Å². The van der Waals surface area contributed by atoms with Crippen LogP contribution in [0.3, 0.4) is 0 Å². The second-order valence-corrected chi connectivity index (χ2v) is 7.08. The number of fused-ring (bicyclic) bond motifs is 1. The number of benzene rings is 2. The zero-order valence-corrected chi connectivity index (χ0v) is 16.0. The van der Waals surface area contributed by atoms with Crippen molar-refractivity contribution in [3.8, 4) is 5.69 Å². The number of carbonyl (C=O) groups is 1. The fourth-order valence-corrected chi connectivity index (χ4v) is 3.07. The van der Waals surface area contributed by atoms with Gasteiger partial charge in [-0.1, -0.05) is 38.1 Å². The summed E-state index contributed by atoms with van der Waals surface area (Å²) in [7, 11) is 0. The van der Waals surface area contributed by atoms with E-state index in [1.807, 2.05) is 13.8 Å². The minimum atomic E-state index is -0.880. The number of hydrogen-bond donors (Lipinski definition) is 1. The van der Waals surface area contributed by atoms with Gasteiger partial charge in [-0.05, 0) is 37.1 Å². The third-order valence-corrected chi connectivity index (χ3v) is 4.54. The number of halogens is 1. The maximum Gasteiger partial charge on any atom is 0.336 e. The van der Waals surface area contributed by atoms with Crippen LogP contribution >= 0.6 is 0 Å². The Kier molecular flexibility index (Phi) is 5.44. The van der Waals surface area contributed by atoms with Gasteiger partial charge in [-0.15, -0.1) is 0 Å². The molecule has 0 spiro atoms. The van der Waals surface area contributed by atoms with Gasteiger partial charge in [0.2, 0.25) is 5.91 Å². The molecule has 6 nitrogen and oxygen atoms in total. The third-order valence-electron chi connectivity index (χ3n) is 4.54. The lowest BCUT2D eigenvalue weighted by atomic mass is 10.2. The Morgan fingerprint density at radius 1 is 1.04 bits per heavy atom. The first-order chi connectivity index (χ1) is 13.3. The Morgan fingerprint density at radius 3 is 2.36 bits per heavy atom. The normalized spacial score (nSPS) is 12.3. The van der Waals surface area contributed by atoms with Gasteiger partial charge in [0, 0.05) is 6.54 Å². The number of carbonyl (C=O) groups excluding carboxylic acids is 1. The van der Waals surface area contributed by atoms with E-state index in [1.165, 1.54) is 22.8 Å². The molecule has 0 aliphatic heterocycles. The fourth-order valence-electron chi connectivity index (χ4n) is 3.07. The van der Waals surface area contributed by atoms with E-state index in [9.17, 15) is 18.8 Å². The molecule has 0 radical (unpaired) electrons. The molecule has 3 rings (SSSR count). The van der Waals surface area contributed by atoms with Crippen LogP contribution < -0.4 is 16.6 Å². The molecule has 0 aliphatic carbocycles. The molecule has 0 unspecified atom stereocenters. The first kappa shape index (κ1) is 19.5. The maximum absolute atomic E-state index is 14.3. The molecule has 146 valence electrons. The second kappa shape index (κ2) is 7.80. The minimum absolute atomic E-state index is 0.146. The summed E-state index contributed by atoms with van der Waals surface area (Å²) < 4.78 is 16.4. The van der Waals surface area contributed by atoms with Crippen molar-refractivity contribution in [2.24, 2.45) is 5.92 Å². The van der Waals surface area contributed by atoms with Crippen LogP contribution in [-0.4, -0.2) is 21.6 Å². The molecular weight excluding hydrogens is 361 g/mol. The number of hydrogen-bond acceptors (Lipinski definition) is 3. The number of para-hydroxylation sites is 2. The lowest BCUT2D eigenvalue weighted by Crippen LogP contribution is -2.44. The molecule has 1 heterocycles. The van der Waals surface area contributed by atoms with E-state index in [2.05, 4.69) is 5.32 Å². The van der Waals surface area contributed by atoms with Crippen LogP contribution in [0.5, 0.6) is 0 Å². The summed E-state index contributed by atoms with van der Waals surface area (Å²) in [5, 5.41) is 3.03. The number of nitrogens with one attached hydrogen (secondary N) is 1. The van der Waals surface area contributed by atoms with Crippen molar-refractivity contribution >= 4 is 16.8 Å². The van der Waals surface area contributed by atoms with Crippen LogP contribution in [0, 0.1) is 11.7 Å². The molecule has 7 heteroatoms. The van der Waals surface area contributed by atoms with Crippen LogP contribution in [0.1, 0.15) is 26.8 Å². The first-order valence-corrected chi connectivity index (χ1v) is 9.11. The highest BCUT2D eigenvalue weighted by molar-refractivity contribution is 5.84. The topological polar surface area (TPSA) is 73.1 Å². The predicted octanol–water partition coefficient (Wildman–Crippen LogP) is 2.62. The standard InChI is InChI=1S/C21H22FN3O3/c1-13(2)12-23-19(26)14(3)24-17-10-6-4-8-15(17)20(27)25(21(24)28)18-11-7-5-9-16(18)22/h4-11,13-14H,12H2,1-3H3,(H,23,26)/t14-/m0/s1. The van der Waals surface area contributed by atoms with Crippen molar-refractivity contribution in [1.29, 1.82) is 0 Å². The zero-order chi connectivity index (χ0) is 20.4. The highest BCUT2D eigenvalue weighted by Crippen LogP contribution is 2.16. The minimum Gasteiger partial charge on any atom is -0.354 e. The zero-order valence-electron chi connectivity index (χ0n) is 16.0. The third kappa shape index (κ3) is 3.47. The summed E-state index contributed by atoms with van der Waals surface area (Å²) >= 11 is 0. The SMILES string of the molecule is CC(C)CNC(=O)[C@H](C)n1c(=O)n(-c2ccccc2F)c(=O)c2ccccc21. The van der Waals surface area contributed by atoms with Gasteiger partial charge in [-0.2, -0.15) is 0 Å². The van der Waals surface area contributed by atoms with Crippen molar-refractivity contribution in [1.82, 2.24) is 14.5 Å². The molecule has 0 fully saturated rings. The highest BCUT2D eigenvalue weighted by Gasteiger charge is 2.23. The maximum atomic E-state index is 14.3. The Morgan fingerprint density at radius 2 is 1.68 bits per heavy atom. The van der Waals surface area contributed by atoms with Gasteiger partial charge in [0.25, 0.3) is 5.56 Å². The second-order valence-electron chi connectivity index (χ2n) is 7.08. The molecule has 3 aromatic rings. The van der Waals surface area contributed by atoms with Gasteiger partial charge in [-0.3, -0.25) is 14.2 Å². The van der Waals surface area contributed by atoms with Crippen LogP contribution in [0.2, 0.25) is 0 Å². The number of rotatable bonds is 5. The Balaban J connectivity index is 2.28. The highest BCUT2D eigenvalue weighted by atomic mass is 19.1. The molecule has 0 aliphatic rings. The van der Waals surface area contributed by atoms with Gasteiger partial charge < -0.3 is 5.32 Å². The molecule has 1 amide bonds. The van der Waals surface area contributed by atoms with Gasteiger partial charge in [0.15, 0.2) is 0 Å². The summed E-state index contributed by atoms with van der Waals surface area (Å²) in [6.45, 7) is 5.97. The lowest BCUT2D eigenvalue weighted by Gasteiger charge is -2.20. The lowest BCUT2D eigenvalue weighted by molar-refractivity contribution is -0.124. The van der Waals surface area contributed by atoms with Crippen molar-refractivity contribution in [3.63, 3.8) is 0 Å². The van der Waals surface area contributed by atoms with Gasteiger partial charge >= 0.3 is 5.69 Å². The van der Waals surface area contributed by atoms with E-state index >= 15 is 0 Å². The Labute approximate surface area is 161 Å². The fraction of sp³-hybridized carbons (Fsp3) is 0.286. The average molecular weight is 383 g/mol. The molecule has 1 atom stereocenters. The summed E-state index contributed by atoms with van der Waals surface area (Å²) in [6.07, 6.45) is 0. The Hall–Kier alpha value is -3.22. The van der Waals surface area contributed by atoms with Crippen LogP contribution in [0.15, 0.2) is 58.1 Å². The molecule has 0 bridgehead atoms.